The van der Waals surface area contributed by atoms with Gasteiger partial charge in [0.1, 0.15) is 5.60 Å². The third kappa shape index (κ3) is 2.98. The third-order valence-electron chi connectivity index (χ3n) is 2.58. The van der Waals surface area contributed by atoms with E-state index >= 15 is 0 Å². The Hall–Kier alpha value is -2.08. The maximum atomic E-state index is 11.9. The molecule has 1 amide bonds. The van der Waals surface area contributed by atoms with E-state index in [1.54, 1.807) is 13.8 Å². The average Bonchev–Trinajstić information content (AvgIpc) is 2.31. The molecule has 0 aliphatic carbocycles. The Morgan fingerprint density at radius 2 is 2.00 bits per heavy atom. The third-order valence-corrected chi connectivity index (χ3v) is 2.58. The lowest BCUT2D eigenvalue weighted by Gasteiger charge is -2.22. The highest BCUT2D eigenvalue weighted by atomic mass is 16.5. The fourth-order valence-electron chi connectivity index (χ4n) is 1.21. The van der Waals surface area contributed by atoms with E-state index < -0.39 is 17.5 Å². The number of carbonyl (C=O) groups excluding carboxylic acids is 1. The van der Waals surface area contributed by atoms with Gasteiger partial charge in [0.05, 0.1) is 11.3 Å². The maximum absolute atomic E-state index is 11.9. The number of ether oxygens (including phenoxy) is 1. The van der Waals surface area contributed by atoms with Crippen molar-refractivity contribution >= 4 is 23.3 Å². The Labute approximate surface area is 105 Å². The van der Waals surface area contributed by atoms with Crippen molar-refractivity contribution in [1.82, 2.24) is 0 Å². The number of nitrogens with two attached hydrogens (primary N) is 1. The van der Waals surface area contributed by atoms with Crippen LogP contribution in [0.5, 0.6) is 0 Å². The number of rotatable bonds is 4. The Morgan fingerprint density at radius 3 is 2.50 bits per heavy atom. The molecule has 6 nitrogen and oxygen atoms in total. The monoisotopic (exact) mass is 252 g/mol. The van der Waals surface area contributed by atoms with Crippen LogP contribution in [0.15, 0.2) is 18.2 Å². The first-order valence-corrected chi connectivity index (χ1v) is 5.27. The molecule has 1 aromatic carbocycles. The van der Waals surface area contributed by atoms with Gasteiger partial charge in [-0.15, -0.1) is 0 Å². The number of carboxylic acids is 1. The second kappa shape index (κ2) is 5.05. The fraction of sp³-hybridized carbons (Fsp3) is 0.333. The van der Waals surface area contributed by atoms with E-state index in [9.17, 15) is 9.59 Å². The molecule has 0 atom stereocenters. The molecular formula is C12H16N2O4. The summed E-state index contributed by atoms with van der Waals surface area (Å²) in [6.07, 6.45) is 0. The summed E-state index contributed by atoms with van der Waals surface area (Å²) in [4.78, 5) is 22.9. The van der Waals surface area contributed by atoms with E-state index in [2.05, 4.69) is 5.32 Å². The lowest BCUT2D eigenvalue weighted by molar-refractivity contribution is -0.133. The number of methoxy groups -OCH3 is 1. The van der Waals surface area contributed by atoms with Crippen molar-refractivity contribution in [3.8, 4) is 0 Å². The van der Waals surface area contributed by atoms with Crippen LogP contribution < -0.4 is 11.1 Å². The topological polar surface area (TPSA) is 102 Å². The van der Waals surface area contributed by atoms with Crippen molar-refractivity contribution in [3.05, 3.63) is 23.8 Å². The lowest BCUT2D eigenvalue weighted by atomic mass is 10.1. The van der Waals surface area contributed by atoms with Gasteiger partial charge in [0.25, 0.3) is 5.91 Å². The smallest absolute Gasteiger partial charge is 0.337 e. The van der Waals surface area contributed by atoms with E-state index in [1.165, 1.54) is 25.3 Å². The summed E-state index contributed by atoms with van der Waals surface area (Å²) in [6, 6.07) is 4.25. The Bertz CT molecular complexity index is 483. The van der Waals surface area contributed by atoms with Crippen LogP contribution in [0.1, 0.15) is 24.2 Å². The molecule has 0 aliphatic rings. The molecule has 18 heavy (non-hydrogen) atoms. The summed E-state index contributed by atoms with van der Waals surface area (Å²) in [7, 11) is 1.40. The standard InChI is InChI=1S/C12H16N2O4/c1-12(2,18-3)11(17)14-9-5-4-7(13)6-8(9)10(15)16/h4-6H,13H2,1-3H3,(H,14,17)(H,15,16). The van der Waals surface area contributed by atoms with Gasteiger partial charge in [-0.05, 0) is 32.0 Å². The first-order valence-electron chi connectivity index (χ1n) is 5.27. The van der Waals surface area contributed by atoms with E-state index in [1.807, 2.05) is 0 Å². The summed E-state index contributed by atoms with van der Waals surface area (Å²) >= 11 is 0. The van der Waals surface area contributed by atoms with Gasteiger partial charge >= 0.3 is 5.97 Å². The van der Waals surface area contributed by atoms with Crippen molar-refractivity contribution in [2.75, 3.05) is 18.2 Å². The summed E-state index contributed by atoms with van der Waals surface area (Å²) in [5, 5.41) is 11.5. The molecule has 0 aromatic heterocycles. The van der Waals surface area contributed by atoms with Crippen LogP contribution in [0.2, 0.25) is 0 Å². The van der Waals surface area contributed by atoms with Crippen LogP contribution >= 0.6 is 0 Å². The van der Waals surface area contributed by atoms with Crippen LogP contribution in [0, 0.1) is 0 Å². The molecule has 0 unspecified atom stereocenters. The predicted octanol–water partition coefficient (Wildman–Crippen LogP) is 1.33. The van der Waals surface area contributed by atoms with E-state index in [-0.39, 0.29) is 11.3 Å². The summed E-state index contributed by atoms with van der Waals surface area (Å²) < 4.78 is 5.01. The van der Waals surface area contributed by atoms with Gasteiger partial charge in [-0.25, -0.2) is 4.79 Å². The zero-order chi connectivity index (χ0) is 13.9. The zero-order valence-corrected chi connectivity index (χ0v) is 10.5. The summed E-state index contributed by atoms with van der Waals surface area (Å²) in [5.41, 5.74) is 4.91. The number of carbonyl (C=O) groups is 2. The molecule has 0 fully saturated rings. The highest BCUT2D eigenvalue weighted by molar-refractivity contribution is 6.03. The van der Waals surface area contributed by atoms with Crippen molar-refractivity contribution in [3.63, 3.8) is 0 Å². The fourth-order valence-corrected chi connectivity index (χ4v) is 1.21. The molecule has 0 spiro atoms. The zero-order valence-electron chi connectivity index (χ0n) is 10.5. The van der Waals surface area contributed by atoms with Crippen LogP contribution in [0.4, 0.5) is 11.4 Å². The number of amides is 1. The first kappa shape index (κ1) is 14.0. The lowest BCUT2D eigenvalue weighted by Crippen LogP contribution is -2.39. The molecule has 0 saturated carbocycles. The SMILES string of the molecule is COC(C)(C)C(=O)Nc1ccc(N)cc1C(=O)O. The van der Waals surface area contributed by atoms with Crippen LogP contribution in [-0.2, 0) is 9.53 Å². The first-order chi connectivity index (χ1) is 8.27. The molecule has 1 aromatic rings. The number of anilines is 2. The summed E-state index contributed by atoms with van der Waals surface area (Å²) in [6.45, 7) is 3.17. The van der Waals surface area contributed by atoms with Crippen LogP contribution in [0.25, 0.3) is 0 Å². The number of aromatic carboxylic acids is 1. The van der Waals surface area contributed by atoms with Gasteiger partial charge in [-0.3, -0.25) is 4.79 Å². The van der Waals surface area contributed by atoms with Crippen LogP contribution in [0.3, 0.4) is 0 Å². The second-order valence-corrected chi connectivity index (χ2v) is 4.28. The molecule has 1 rings (SSSR count). The van der Waals surface area contributed by atoms with Gasteiger partial charge in [0.15, 0.2) is 0 Å². The molecule has 4 N–H and O–H groups in total. The van der Waals surface area contributed by atoms with Gasteiger partial charge in [-0.2, -0.15) is 0 Å². The molecule has 0 bridgehead atoms. The highest BCUT2D eigenvalue weighted by Crippen LogP contribution is 2.21. The van der Waals surface area contributed by atoms with Crippen LogP contribution in [-0.4, -0.2) is 29.7 Å². The van der Waals surface area contributed by atoms with Gasteiger partial charge in [0.2, 0.25) is 0 Å². The molecule has 98 valence electrons. The number of hydrogen-bond acceptors (Lipinski definition) is 4. The molecule has 0 aliphatic heterocycles. The number of nitrogen functional groups attached to an aromatic ring is 1. The minimum Gasteiger partial charge on any atom is -0.478 e. The quantitative estimate of drug-likeness (QED) is 0.702. The van der Waals surface area contributed by atoms with E-state index in [0.717, 1.165) is 0 Å². The normalized spacial score (nSPS) is 11.1. The molecule has 6 heteroatoms. The number of benzene rings is 1. The maximum Gasteiger partial charge on any atom is 0.337 e. The van der Waals surface area contributed by atoms with Gasteiger partial charge < -0.3 is 20.9 Å². The average molecular weight is 252 g/mol. The highest BCUT2D eigenvalue weighted by Gasteiger charge is 2.28. The Balaban J connectivity index is 3.05. The number of hydrogen-bond donors (Lipinski definition) is 3. The second-order valence-electron chi connectivity index (χ2n) is 4.28. The van der Waals surface area contributed by atoms with E-state index in [4.69, 9.17) is 15.6 Å². The Kier molecular flexibility index (Phi) is 3.93. The van der Waals surface area contributed by atoms with Crippen molar-refractivity contribution in [1.29, 1.82) is 0 Å². The van der Waals surface area contributed by atoms with E-state index in [0.29, 0.717) is 5.69 Å². The van der Waals surface area contributed by atoms with Crippen molar-refractivity contribution in [2.45, 2.75) is 19.4 Å². The number of nitrogens with one attached hydrogen (secondary N) is 1. The number of carboxylic acid groups (broad SMARTS) is 1. The molecule has 0 radical (unpaired) electrons. The minimum absolute atomic E-state index is 0.0600. The Morgan fingerprint density at radius 1 is 1.39 bits per heavy atom. The predicted molar refractivity (Wildman–Crippen MR) is 67.5 cm³/mol. The van der Waals surface area contributed by atoms with Gasteiger partial charge in [0, 0.05) is 12.8 Å². The van der Waals surface area contributed by atoms with Crippen molar-refractivity contribution < 1.29 is 19.4 Å². The van der Waals surface area contributed by atoms with Crippen molar-refractivity contribution in [2.24, 2.45) is 0 Å². The summed E-state index contributed by atoms with van der Waals surface area (Å²) in [5.74, 6) is -1.59. The molecular weight excluding hydrogens is 236 g/mol. The van der Waals surface area contributed by atoms with Gasteiger partial charge in [-0.1, -0.05) is 0 Å². The molecule has 0 heterocycles. The largest absolute Gasteiger partial charge is 0.478 e. The minimum atomic E-state index is -1.16. The molecule has 0 saturated heterocycles.